The van der Waals surface area contributed by atoms with Gasteiger partial charge in [-0.1, -0.05) is 15.9 Å². The monoisotopic (exact) mass is 317 g/mol. The van der Waals surface area contributed by atoms with Crippen LogP contribution in [0.25, 0.3) is 22.3 Å². The number of nitro groups is 1. The minimum Gasteiger partial charge on any atom is -0.456 e. The Morgan fingerprint density at radius 1 is 1.05 bits per heavy atom. The number of benzene rings is 2. The molecule has 0 N–H and O–H groups in total. The van der Waals surface area contributed by atoms with Crippen LogP contribution in [0.1, 0.15) is 0 Å². The average Bonchev–Trinajstić information content (AvgIpc) is 2.81. The van der Waals surface area contributed by atoms with Crippen molar-refractivity contribution in [3.8, 4) is 11.3 Å². The Balaban J connectivity index is 2.06. The lowest BCUT2D eigenvalue weighted by Gasteiger charge is -1.95. The third-order valence-corrected chi connectivity index (χ3v) is 3.33. The molecule has 2 aromatic carbocycles. The van der Waals surface area contributed by atoms with Crippen LogP contribution in [0.15, 0.2) is 57.4 Å². The maximum absolute atomic E-state index is 10.6. The van der Waals surface area contributed by atoms with E-state index in [9.17, 15) is 10.1 Å². The van der Waals surface area contributed by atoms with E-state index in [0.29, 0.717) is 5.76 Å². The molecule has 0 amide bonds. The summed E-state index contributed by atoms with van der Waals surface area (Å²) in [6, 6.07) is 14.0. The summed E-state index contributed by atoms with van der Waals surface area (Å²) in [6.07, 6.45) is 0. The molecule has 1 heterocycles. The van der Waals surface area contributed by atoms with E-state index in [1.807, 2.05) is 24.3 Å². The van der Waals surface area contributed by atoms with Gasteiger partial charge in [-0.25, -0.2) is 0 Å². The number of nitrogens with zero attached hydrogens (tertiary/aromatic N) is 1. The first-order chi connectivity index (χ1) is 9.13. The van der Waals surface area contributed by atoms with Crippen LogP contribution in [0, 0.1) is 10.1 Å². The molecule has 4 nitrogen and oxygen atoms in total. The number of hydrogen-bond acceptors (Lipinski definition) is 3. The van der Waals surface area contributed by atoms with Crippen LogP contribution >= 0.6 is 15.9 Å². The number of non-ortho nitro benzene ring substituents is 1. The predicted octanol–water partition coefficient (Wildman–Crippen LogP) is 4.77. The molecule has 3 aromatic rings. The Hall–Kier alpha value is -2.14. The smallest absolute Gasteiger partial charge is 0.269 e. The number of nitro benzene ring substituents is 1. The zero-order valence-corrected chi connectivity index (χ0v) is 11.3. The van der Waals surface area contributed by atoms with Gasteiger partial charge >= 0.3 is 0 Å². The van der Waals surface area contributed by atoms with Crippen LogP contribution in [0.3, 0.4) is 0 Å². The molecule has 0 spiro atoms. The number of furan rings is 1. The summed E-state index contributed by atoms with van der Waals surface area (Å²) in [7, 11) is 0. The molecule has 0 saturated carbocycles. The molecule has 1 aromatic heterocycles. The van der Waals surface area contributed by atoms with E-state index in [1.54, 1.807) is 12.1 Å². The minimum absolute atomic E-state index is 0.0719. The van der Waals surface area contributed by atoms with Crippen LogP contribution in [-0.4, -0.2) is 4.92 Å². The molecule has 0 bridgehead atoms. The van der Waals surface area contributed by atoms with Crippen LogP contribution in [0.2, 0.25) is 0 Å². The van der Waals surface area contributed by atoms with Gasteiger partial charge < -0.3 is 4.42 Å². The third kappa shape index (κ3) is 2.24. The molecule has 0 fully saturated rings. The molecular formula is C14H8BrNO3. The zero-order chi connectivity index (χ0) is 13.4. The van der Waals surface area contributed by atoms with Crippen molar-refractivity contribution < 1.29 is 9.34 Å². The van der Waals surface area contributed by atoms with Crippen LogP contribution in [0.5, 0.6) is 0 Å². The fraction of sp³-hybridized carbons (Fsp3) is 0. The quantitative estimate of drug-likeness (QED) is 0.505. The van der Waals surface area contributed by atoms with Gasteiger partial charge in [0, 0.05) is 27.6 Å². The SMILES string of the molecule is O=[N+]([O-])c1ccc(-c2cc3cc(Br)ccc3o2)cc1. The van der Waals surface area contributed by atoms with E-state index in [-0.39, 0.29) is 5.69 Å². The Labute approximate surface area is 116 Å². The standard InChI is InChI=1S/C14H8BrNO3/c15-11-3-6-13-10(7-11)8-14(19-13)9-1-4-12(5-2-9)16(17)18/h1-8H. The minimum atomic E-state index is -0.417. The molecule has 0 aliphatic rings. The van der Waals surface area contributed by atoms with Gasteiger partial charge in [0.15, 0.2) is 0 Å². The predicted molar refractivity (Wildman–Crippen MR) is 76.0 cm³/mol. The summed E-state index contributed by atoms with van der Waals surface area (Å²) in [5, 5.41) is 11.6. The molecule has 3 rings (SSSR count). The molecule has 0 aliphatic carbocycles. The third-order valence-electron chi connectivity index (χ3n) is 2.84. The Morgan fingerprint density at radius 2 is 1.79 bits per heavy atom. The van der Waals surface area contributed by atoms with E-state index < -0.39 is 4.92 Å². The van der Waals surface area contributed by atoms with Crippen molar-refractivity contribution in [2.75, 3.05) is 0 Å². The summed E-state index contributed by atoms with van der Waals surface area (Å²) < 4.78 is 6.70. The first-order valence-electron chi connectivity index (χ1n) is 5.57. The number of hydrogen-bond donors (Lipinski definition) is 0. The second-order valence-corrected chi connectivity index (χ2v) is 5.01. The van der Waals surface area contributed by atoms with E-state index in [1.165, 1.54) is 12.1 Å². The van der Waals surface area contributed by atoms with Crippen LogP contribution in [-0.2, 0) is 0 Å². The molecule has 19 heavy (non-hydrogen) atoms. The zero-order valence-electron chi connectivity index (χ0n) is 9.67. The number of halogens is 1. The molecule has 0 saturated heterocycles. The van der Waals surface area contributed by atoms with Crippen molar-refractivity contribution >= 4 is 32.6 Å². The molecular weight excluding hydrogens is 310 g/mol. The summed E-state index contributed by atoms with van der Waals surface area (Å²) in [6.45, 7) is 0. The average molecular weight is 318 g/mol. The second kappa shape index (κ2) is 4.51. The fourth-order valence-corrected chi connectivity index (χ4v) is 2.28. The van der Waals surface area contributed by atoms with Gasteiger partial charge in [0.1, 0.15) is 11.3 Å². The van der Waals surface area contributed by atoms with Gasteiger partial charge in [0.25, 0.3) is 5.69 Å². The highest BCUT2D eigenvalue weighted by atomic mass is 79.9. The van der Waals surface area contributed by atoms with Crippen molar-refractivity contribution in [1.82, 2.24) is 0 Å². The van der Waals surface area contributed by atoms with Gasteiger partial charge in [-0.3, -0.25) is 10.1 Å². The van der Waals surface area contributed by atoms with E-state index in [2.05, 4.69) is 15.9 Å². The Kier molecular flexibility index (Phi) is 2.83. The van der Waals surface area contributed by atoms with Gasteiger partial charge in [-0.15, -0.1) is 0 Å². The van der Waals surface area contributed by atoms with Crippen LogP contribution in [0.4, 0.5) is 5.69 Å². The van der Waals surface area contributed by atoms with Gasteiger partial charge in [-0.2, -0.15) is 0 Å². The van der Waals surface area contributed by atoms with Crippen molar-refractivity contribution in [3.05, 3.63) is 63.1 Å². The van der Waals surface area contributed by atoms with Crippen molar-refractivity contribution in [2.45, 2.75) is 0 Å². The normalized spacial score (nSPS) is 10.8. The van der Waals surface area contributed by atoms with Crippen molar-refractivity contribution in [2.24, 2.45) is 0 Å². The van der Waals surface area contributed by atoms with E-state index in [0.717, 1.165) is 21.0 Å². The molecule has 94 valence electrons. The molecule has 5 heteroatoms. The molecule has 0 atom stereocenters. The van der Waals surface area contributed by atoms with E-state index in [4.69, 9.17) is 4.42 Å². The first kappa shape index (κ1) is 11.9. The fourth-order valence-electron chi connectivity index (χ4n) is 1.90. The first-order valence-corrected chi connectivity index (χ1v) is 6.37. The topological polar surface area (TPSA) is 56.3 Å². The molecule has 0 unspecified atom stereocenters. The van der Waals surface area contributed by atoms with Gasteiger partial charge in [-0.05, 0) is 36.4 Å². The van der Waals surface area contributed by atoms with Crippen molar-refractivity contribution in [1.29, 1.82) is 0 Å². The lowest BCUT2D eigenvalue weighted by molar-refractivity contribution is -0.384. The van der Waals surface area contributed by atoms with Gasteiger partial charge in [0.2, 0.25) is 0 Å². The summed E-state index contributed by atoms with van der Waals surface area (Å²) in [5.74, 6) is 0.697. The summed E-state index contributed by atoms with van der Waals surface area (Å²) in [4.78, 5) is 10.2. The highest BCUT2D eigenvalue weighted by molar-refractivity contribution is 9.10. The number of fused-ring (bicyclic) bond motifs is 1. The second-order valence-electron chi connectivity index (χ2n) is 4.10. The largest absolute Gasteiger partial charge is 0.456 e. The summed E-state index contributed by atoms with van der Waals surface area (Å²) >= 11 is 3.41. The lowest BCUT2D eigenvalue weighted by Crippen LogP contribution is -1.86. The Morgan fingerprint density at radius 3 is 2.47 bits per heavy atom. The van der Waals surface area contributed by atoms with Crippen molar-refractivity contribution in [3.63, 3.8) is 0 Å². The number of rotatable bonds is 2. The Bertz CT molecular complexity index is 762. The maximum Gasteiger partial charge on any atom is 0.269 e. The maximum atomic E-state index is 10.6. The summed E-state index contributed by atoms with van der Waals surface area (Å²) in [5.41, 5.74) is 1.68. The highest BCUT2D eigenvalue weighted by Crippen LogP contribution is 2.30. The lowest BCUT2D eigenvalue weighted by atomic mass is 10.1. The van der Waals surface area contributed by atoms with Crippen LogP contribution < -0.4 is 0 Å². The molecule has 0 aliphatic heterocycles. The highest BCUT2D eigenvalue weighted by Gasteiger charge is 2.09. The van der Waals surface area contributed by atoms with Gasteiger partial charge in [0.05, 0.1) is 4.92 Å². The molecule has 0 radical (unpaired) electrons. The van der Waals surface area contributed by atoms with E-state index >= 15 is 0 Å².